The van der Waals surface area contributed by atoms with Crippen molar-refractivity contribution < 1.29 is 18.3 Å². The molecule has 1 aromatic carbocycles. The second-order valence-electron chi connectivity index (χ2n) is 7.82. The van der Waals surface area contributed by atoms with Gasteiger partial charge < -0.3 is 10.1 Å². The molecule has 1 saturated carbocycles. The Bertz CT molecular complexity index is 715. The smallest absolute Gasteiger partial charge is 0.417 e. The molecule has 1 heterocycles. The van der Waals surface area contributed by atoms with Crippen molar-refractivity contribution in [3.63, 3.8) is 0 Å². The highest BCUT2D eigenvalue weighted by Crippen LogP contribution is 2.31. The average molecular weight is 365 g/mol. The van der Waals surface area contributed by atoms with Crippen LogP contribution in [0.15, 0.2) is 23.2 Å². The number of ether oxygens (including phenoxy) is 1. The highest BCUT2D eigenvalue weighted by Gasteiger charge is 2.42. The molecule has 2 aliphatic rings. The molecule has 26 heavy (non-hydrogen) atoms. The summed E-state index contributed by atoms with van der Waals surface area (Å²) in [6, 6.07) is 3.79. The molecule has 2 unspecified atom stereocenters. The van der Waals surface area contributed by atoms with Crippen LogP contribution in [0.3, 0.4) is 0 Å². The Morgan fingerprint density at radius 3 is 2.69 bits per heavy atom. The maximum atomic E-state index is 13.4. The second kappa shape index (κ2) is 7.21. The van der Waals surface area contributed by atoms with Gasteiger partial charge in [0.1, 0.15) is 5.60 Å². The maximum Gasteiger partial charge on any atom is 0.417 e. The van der Waals surface area contributed by atoms with E-state index in [1.807, 2.05) is 20.8 Å². The van der Waals surface area contributed by atoms with Crippen molar-refractivity contribution in [2.75, 3.05) is 0 Å². The van der Waals surface area contributed by atoms with Gasteiger partial charge in [0.05, 0.1) is 12.1 Å². The predicted octanol–water partition coefficient (Wildman–Crippen LogP) is 3.97. The maximum absolute atomic E-state index is 13.4. The van der Waals surface area contributed by atoms with Gasteiger partial charge in [0.15, 0.2) is 11.6 Å². The molecule has 5 nitrogen and oxygen atoms in total. The van der Waals surface area contributed by atoms with E-state index in [-0.39, 0.29) is 18.6 Å². The van der Waals surface area contributed by atoms with Crippen molar-refractivity contribution in [2.45, 2.75) is 70.7 Å². The molecule has 0 radical (unpaired) electrons. The zero-order chi connectivity index (χ0) is 18.9. The number of hydrogen-bond donors (Lipinski definition) is 1. The van der Waals surface area contributed by atoms with Gasteiger partial charge >= 0.3 is 6.09 Å². The summed E-state index contributed by atoms with van der Waals surface area (Å²) < 4.78 is 32.0. The molecule has 1 amide bonds. The molecule has 1 fully saturated rings. The van der Waals surface area contributed by atoms with Crippen molar-refractivity contribution in [2.24, 2.45) is 4.99 Å². The molecule has 1 aliphatic heterocycles. The molecule has 1 aliphatic carbocycles. The topological polar surface area (TPSA) is 53.9 Å². The van der Waals surface area contributed by atoms with Gasteiger partial charge in [-0.2, -0.15) is 0 Å². The van der Waals surface area contributed by atoms with Crippen LogP contribution in [0, 0.1) is 11.6 Å². The predicted molar refractivity (Wildman–Crippen MR) is 94.7 cm³/mol. The molecule has 3 rings (SSSR count). The Balaban J connectivity index is 1.75. The van der Waals surface area contributed by atoms with Crippen molar-refractivity contribution >= 4 is 12.1 Å². The van der Waals surface area contributed by atoms with E-state index in [0.717, 1.165) is 37.8 Å². The number of nitrogens with zero attached hydrogens (tertiary/aromatic N) is 2. The van der Waals surface area contributed by atoms with Crippen molar-refractivity contribution in [3.05, 3.63) is 35.4 Å². The number of fused-ring (bicyclic) bond motifs is 1. The van der Waals surface area contributed by atoms with E-state index in [1.54, 1.807) is 4.90 Å². The minimum atomic E-state index is -0.893. The number of carbonyl (C=O) groups is 1. The number of amides is 1. The third-order valence-electron chi connectivity index (χ3n) is 4.57. The number of rotatable bonds is 2. The first kappa shape index (κ1) is 18.6. The van der Waals surface area contributed by atoms with Gasteiger partial charge in [-0.3, -0.25) is 0 Å². The van der Waals surface area contributed by atoms with Gasteiger partial charge in [-0.15, -0.1) is 0 Å². The first-order chi connectivity index (χ1) is 12.2. The lowest BCUT2D eigenvalue weighted by atomic mass is 9.91. The average Bonchev–Trinajstić information content (AvgIpc) is 2.93. The van der Waals surface area contributed by atoms with Gasteiger partial charge in [0, 0.05) is 6.54 Å². The molecule has 0 bridgehead atoms. The number of aliphatic imine (C=N–C) groups is 1. The Hall–Kier alpha value is -2.18. The monoisotopic (exact) mass is 365 g/mol. The van der Waals surface area contributed by atoms with E-state index >= 15 is 0 Å². The molecule has 1 aromatic rings. The zero-order valence-corrected chi connectivity index (χ0v) is 15.4. The summed E-state index contributed by atoms with van der Waals surface area (Å²) in [5, 5.41) is 3.10. The summed E-state index contributed by atoms with van der Waals surface area (Å²) in [5.41, 5.74) is -0.0275. The van der Waals surface area contributed by atoms with Gasteiger partial charge in [0.25, 0.3) is 0 Å². The third kappa shape index (κ3) is 4.14. The molecule has 7 heteroatoms. The Labute approximate surface area is 152 Å². The number of nitrogens with one attached hydrogen (secondary N) is 1. The number of hydrogen-bond acceptors (Lipinski definition) is 4. The minimum Gasteiger partial charge on any atom is -0.443 e. The van der Waals surface area contributed by atoms with E-state index in [9.17, 15) is 13.6 Å². The molecule has 0 spiro atoms. The standard InChI is InChI=1S/C19H25F2N3O2/c1-19(2,3)26-18(25)24-16-7-5-4-6-15(16)23-17(24)22-11-12-8-9-13(20)14(21)10-12/h8-10,15-16H,4-7,11H2,1-3H3,(H,22,23). The molecule has 0 aromatic heterocycles. The molecular weight excluding hydrogens is 340 g/mol. The summed E-state index contributed by atoms with van der Waals surface area (Å²) in [6.45, 7) is 5.72. The number of halogens is 2. The van der Waals surface area contributed by atoms with Crippen LogP contribution < -0.4 is 5.32 Å². The van der Waals surface area contributed by atoms with Crippen molar-refractivity contribution in [1.82, 2.24) is 10.2 Å². The first-order valence-electron chi connectivity index (χ1n) is 9.02. The molecular formula is C19H25F2N3O2. The summed E-state index contributed by atoms with van der Waals surface area (Å²) >= 11 is 0. The molecule has 0 saturated heterocycles. The van der Waals surface area contributed by atoms with Crippen LogP contribution >= 0.6 is 0 Å². The van der Waals surface area contributed by atoms with Crippen molar-refractivity contribution in [1.29, 1.82) is 0 Å². The van der Waals surface area contributed by atoms with Crippen LogP contribution in [-0.2, 0) is 11.3 Å². The van der Waals surface area contributed by atoms with Crippen LogP contribution in [0.2, 0.25) is 0 Å². The van der Waals surface area contributed by atoms with Crippen molar-refractivity contribution in [3.8, 4) is 0 Å². The fraction of sp³-hybridized carbons (Fsp3) is 0.579. The Morgan fingerprint density at radius 1 is 1.27 bits per heavy atom. The largest absolute Gasteiger partial charge is 0.443 e. The van der Waals surface area contributed by atoms with Gasteiger partial charge in [-0.1, -0.05) is 18.9 Å². The summed E-state index contributed by atoms with van der Waals surface area (Å²) in [4.78, 5) is 19.0. The summed E-state index contributed by atoms with van der Waals surface area (Å²) in [7, 11) is 0. The normalized spacial score (nSPS) is 22.7. The van der Waals surface area contributed by atoms with Gasteiger partial charge in [-0.05, 0) is 51.3 Å². The molecule has 1 N–H and O–H groups in total. The number of guanidine groups is 1. The Morgan fingerprint density at radius 2 is 2.00 bits per heavy atom. The highest BCUT2D eigenvalue weighted by molar-refractivity contribution is 5.96. The lowest BCUT2D eigenvalue weighted by Gasteiger charge is -2.33. The quantitative estimate of drug-likeness (QED) is 0.863. The summed E-state index contributed by atoms with van der Waals surface area (Å²) in [6.07, 6.45) is 3.52. The van der Waals surface area contributed by atoms with E-state index < -0.39 is 23.3 Å². The van der Waals surface area contributed by atoms with E-state index in [2.05, 4.69) is 10.3 Å². The SMILES string of the molecule is CC(C)(C)OC(=O)N1C(NCc2ccc(F)c(F)c2)=NC2CCCCC21. The van der Waals surface area contributed by atoms with E-state index in [1.165, 1.54) is 6.07 Å². The molecule has 142 valence electrons. The Kier molecular flexibility index (Phi) is 5.16. The zero-order valence-electron chi connectivity index (χ0n) is 15.4. The lowest BCUT2D eigenvalue weighted by molar-refractivity contribution is 0.0292. The highest BCUT2D eigenvalue weighted by atomic mass is 19.2. The van der Waals surface area contributed by atoms with Crippen LogP contribution in [0.25, 0.3) is 0 Å². The first-order valence-corrected chi connectivity index (χ1v) is 9.02. The van der Waals surface area contributed by atoms with Crippen LogP contribution in [-0.4, -0.2) is 34.6 Å². The lowest BCUT2D eigenvalue weighted by Crippen LogP contribution is -2.50. The third-order valence-corrected chi connectivity index (χ3v) is 4.57. The van der Waals surface area contributed by atoms with E-state index in [0.29, 0.717) is 11.5 Å². The van der Waals surface area contributed by atoms with E-state index in [4.69, 9.17) is 4.74 Å². The van der Waals surface area contributed by atoms with Crippen LogP contribution in [0.4, 0.5) is 13.6 Å². The number of benzene rings is 1. The van der Waals surface area contributed by atoms with Gasteiger partial charge in [-0.25, -0.2) is 23.5 Å². The number of carbonyl (C=O) groups excluding carboxylic acids is 1. The minimum absolute atomic E-state index is 0.00828. The fourth-order valence-electron chi connectivity index (χ4n) is 3.41. The van der Waals surface area contributed by atoms with Crippen LogP contribution in [0.1, 0.15) is 52.0 Å². The van der Waals surface area contributed by atoms with Gasteiger partial charge in [0.2, 0.25) is 5.96 Å². The fourth-order valence-corrected chi connectivity index (χ4v) is 3.41. The second-order valence-corrected chi connectivity index (χ2v) is 7.82. The molecule has 2 atom stereocenters. The summed E-state index contributed by atoms with van der Waals surface area (Å²) in [5.74, 6) is -1.33. The van der Waals surface area contributed by atoms with Crippen LogP contribution in [0.5, 0.6) is 0 Å².